The van der Waals surface area contributed by atoms with Gasteiger partial charge in [-0.05, 0) is 20.8 Å². The van der Waals surface area contributed by atoms with Gasteiger partial charge in [0, 0.05) is 18.5 Å². The summed E-state index contributed by atoms with van der Waals surface area (Å²) in [7, 11) is -3.62. The van der Waals surface area contributed by atoms with Gasteiger partial charge in [0.1, 0.15) is 17.5 Å². The standard InChI is InChI=1S/C24H18BF12P/c1-4-38(5-2,6-3)25(10-7-13(26)19(32)22(35)16(10)29,11-8-14(27)20(33)23(36)17(11)30)12-9-15(28)21(34)24(37)18(12)31/h7-9H,4-6H2,1-3H3. The van der Waals surface area contributed by atoms with Crippen molar-refractivity contribution in [3.8, 4) is 0 Å². The van der Waals surface area contributed by atoms with Crippen molar-refractivity contribution >= 4 is 29.4 Å². The Bertz CT molecular complexity index is 1260. The third kappa shape index (κ3) is 4.00. The summed E-state index contributed by atoms with van der Waals surface area (Å²) in [5, 5.41) is 0. The van der Waals surface area contributed by atoms with Crippen LogP contribution in [-0.4, -0.2) is 24.4 Å². The van der Waals surface area contributed by atoms with E-state index in [1.165, 1.54) is 20.8 Å². The highest BCUT2D eigenvalue weighted by molar-refractivity contribution is 8.13. The molecule has 0 atom stereocenters. The number of rotatable bonds is 7. The van der Waals surface area contributed by atoms with Crippen LogP contribution in [-0.2, 0) is 0 Å². The van der Waals surface area contributed by atoms with Crippen molar-refractivity contribution in [1.82, 2.24) is 0 Å². The minimum atomic E-state index is -4.27. The summed E-state index contributed by atoms with van der Waals surface area (Å²) in [6.07, 6.45) is -0.750. The molecule has 0 unspecified atom stereocenters. The third-order valence-electron chi connectivity index (χ3n) is 7.45. The molecule has 0 saturated heterocycles. The van der Waals surface area contributed by atoms with Crippen molar-refractivity contribution < 1.29 is 52.7 Å². The monoisotopic (exact) mass is 576 g/mol. The van der Waals surface area contributed by atoms with Crippen LogP contribution >= 0.6 is 7.14 Å². The summed E-state index contributed by atoms with van der Waals surface area (Å²) < 4.78 is 176. The Hall–Kier alpha value is -2.69. The first-order chi connectivity index (χ1) is 17.7. The summed E-state index contributed by atoms with van der Waals surface area (Å²) in [6.45, 7) is 4.06. The molecular weight excluding hydrogens is 558 g/mol. The van der Waals surface area contributed by atoms with Crippen molar-refractivity contribution in [2.24, 2.45) is 0 Å². The first-order valence-electron chi connectivity index (χ1n) is 11.2. The van der Waals surface area contributed by atoms with Crippen LogP contribution in [0.5, 0.6) is 0 Å². The van der Waals surface area contributed by atoms with Gasteiger partial charge in [0.25, 0.3) is 5.87 Å². The maximum Gasteiger partial charge on any atom is 0.255 e. The van der Waals surface area contributed by atoms with E-state index >= 15 is 13.2 Å². The fourth-order valence-electron chi connectivity index (χ4n) is 5.57. The van der Waals surface area contributed by atoms with Crippen molar-refractivity contribution in [3.05, 3.63) is 88.0 Å². The Morgan fingerprint density at radius 3 is 0.868 bits per heavy atom. The van der Waals surface area contributed by atoms with Crippen LogP contribution in [0.2, 0.25) is 0 Å². The second-order valence-corrected chi connectivity index (χ2v) is 13.8. The van der Waals surface area contributed by atoms with Gasteiger partial charge in [-0.2, -0.15) is 0 Å². The molecule has 0 heterocycles. The first-order valence-corrected chi connectivity index (χ1v) is 13.6. The highest BCUT2D eigenvalue weighted by Gasteiger charge is 2.58. The quantitative estimate of drug-likeness (QED) is 0.101. The molecule has 0 aliphatic rings. The predicted molar refractivity (Wildman–Crippen MR) is 122 cm³/mol. The molecule has 0 aliphatic carbocycles. The fourth-order valence-corrected chi connectivity index (χ4v) is 10.9. The lowest BCUT2D eigenvalue weighted by Gasteiger charge is -2.52. The molecule has 0 saturated carbocycles. The third-order valence-corrected chi connectivity index (χ3v) is 13.7. The maximum atomic E-state index is 15.6. The molecule has 0 fully saturated rings. The van der Waals surface area contributed by atoms with Crippen molar-refractivity contribution in [2.45, 2.75) is 20.8 Å². The van der Waals surface area contributed by atoms with Crippen LogP contribution in [0.3, 0.4) is 0 Å². The summed E-state index contributed by atoms with van der Waals surface area (Å²) in [5.74, 6) is -32.0. The van der Waals surface area contributed by atoms with Gasteiger partial charge in [0.15, 0.2) is 52.4 Å². The SMILES string of the molecule is CC[P+](CC)(CC)[B-](c1cc(F)c(F)c(F)c1F)(c1cc(F)c(F)c(F)c1F)c1cc(F)c(F)c(F)c1F. The van der Waals surface area contributed by atoms with Gasteiger partial charge in [-0.3, -0.25) is 0 Å². The smallest absolute Gasteiger partial charge is 0.207 e. The maximum absolute atomic E-state index is 15.6. The molecule has 0 radical (unpaired) electrons. The molecule has 14 heteroatoms. The molecule has 38 heavy (non-hydrogen) atoms. The Morgan fingerprint density at radius 1 is 0.421 bits per heavy atom. The molecule has 0 nitrogen and oxygen atoms in total. The van der Waals surface area contributed by atoms with Crippen LogP contribution in [0.15, 0.2) is 18.2 Å². The van der Waals surface area contributed by atoms with Gasteiger partial charge in [0.2, 0.25) is 0 Å². The van der Waals surface area contributed by atoms with Gasteiger partial charge in [-0.25, -0.2) is 52.7 Å². The van der Waals surface area contributed by atoms with E-state index in [1.807, 2.05) is 0 Å². The van der Waals surface area contributed by atoms with Crippen LogP contribution in [0.4, 0.5) is 52.7 Å². The van der Waals surface area contributed by atoms with E-state index in [0.29, 0.717) is 0 Å². The summed E-state index contributed by atoms with van der Waals surface area (Å²) >= 11 is 0. The lowest BCUT2D eigenvalue weighted by Crippen LogP contribution is -2.72. The molecule has 3 rings (SSSR count). The zero-order chi connectivity index (χ0) is 28.9. The van der Waals surface area contributed by atoms with E-state index in [-0.39, 0.29) is 36.7 Å². The lowest BCUT2D eigenvalue weighted by atomic mass is 9.33. The molecular formula is C24H18BF12P. The predicted octanol–water partition coefficient (Wildman–Crippen LogP) is 6.40. The van der Waals surface area contributed by atoms with E-state index in [0.717, 1.165) is 0 Å². The van der Waals surface area contributed by atoms with E-state index in [2.05, 4.69) is 0 Å². The molecule has 3 aromatic carbocycles. The van der Waals surface area contributed by atoms with E-state index in [4.69, 9.17) is 0 Å². The number of benzene rings is 3. The van der Waals surface area contributed by atoms with E-state index < -0.39 is 99.2 Å². The van der Waals surface area contributed by atoms with Crippen molar-refractivity contribution in [2.75, 3.05) is 18.5 Å². The van der Waals surface area contributed by atoms with Crippen molar-refractivity contribution in [3.63, 3.8) is 0 Å². The van der Waals surface area contributed by atoms with Crippen LogP contribution in [0, 0.1) is 69.8 Å². The highest BCUT2D eigenvalue weighted by Crippen LogP contribution is 2.65. The topological polar surface area (TPSA) is 0 Å². The first kappa shape index (κ1) is 29.9. The summed E-state index contributed by atoms with van der Waals surface area (Å²) in [5.41, 5.74) is -4.27. The molecule has 0 amide bonds. The minimum absolute atomic E-state index is 0.0410. The lowest BCUT2D eigenvalue weighted by molar-refractivity contribution is 0.410. The van der Waals surface area contributed by atoms with Gasteiger partial charge in [0.05, 0.1) is 0 Å². The number of hydrogen-bond donors (Lipinski definition) is 0. The second-order valence-electron chi connectivity index (χ2n) is 8.66. The minimum Gasteiger partial charge on any atom is -0.207 e. The van der Waals surface area contributed by atoms with Crippen LogP contribution < -0.4 is 16.4 Å². The average Bonchev–Trinajstić information content (AvgIpc) is 2.90. The van der Waals surface area contributed by atoms with Crippen LogP contribution in [0.1, 0.15) is 20.8 Å². The van der Waals surface area contributed by atoms with E-state index in [9.17, 15) is 39.5 Å². The Morgan fingerprint density at radius 2 is 0.658 bits per heavy atom. The molecule has 0 bridgehead atoms. The zero-order valence-corrected chi connectivity index (χ0v) is 20.8. The number of hydrogen-bond acceptors (Lipinski definition) is 0. The van der Waals surface area contributed by atoms with Gasteiger partial charge in [-0.1, -0.05) is 18.2 Å². The molecule has 3 aromatic rings. The van der Waals surface area contributed by atoms with Gasteiger partial charge in [-0.15, -0.1) is 23.5 Å². The normalized spacial score (nSPS) is 12.4. The molecule has 206 valence electrons. The Balaban J connectivity index is 2.88. The molecule has 0 aliphatic heterocycles. The largest absolute Gasteiger partial charge is 0.255 e. The molecule has 0 N–H and O–H groups in total. The second kappa shape index (κ2) is 10.5. The molecule has 0 aromatic heterocycles. The summed E-state index contributed by atoms with van der Waals surface area (Å²) in [4.78, 5) is 0. The van der Waals surface area contributed by atoms with E-state index in [1.54, 1.807) is 0 Å². The Labute approximate surface area is 209 Å². The van der Waals surface area contributed by atoms with Crippen LogP contribution in [0.25, 0.3) is 0 Å². The average molecular weight is 576 g/mol. The van der Waals surface area contributed by atoms with Gasteiger partial charge < -0.3 is 0 Å². The number of halogens is 12. The zero-order valence-electron chi connectivity index (χ0n) is 19.9. The summed E-state index contributed by atoms with van der Waals surface area (Å²) in [6, 6.07) is -0.123. The fraction of sp³-hybridized carbons (Fsp3) is 0.250. The Kier molecular flexibility index (Phi) is 8.23. The van der Waals surface area contributed by atoms with Gasteiger partial charge >= 0.3 is 0 Å². The molecule has 0 spiro atoms. The van der Waals surface area contributed by atoms with Crippen molar-refractivity contribution in [1.29, 1.82) is 0 Å². The highest BCUT2D eigenvalue weighted by atomic mass is 31.2.